The van der Waals surface area contributed by atoms with Crippen molar-refractivity contribution in [1.29, 1.82) is 0 Å². The first-order valence-corrected chi connectivity index (χ1v) is 8.55. The van der Waals surface area contributed by atoms with Crippen LogP contribution in [0.4, 0.5) is 0 Å². The predicted octanol–water partition coefficient (Wildman–Crippen LogP) is 3.44. The zero-order chi connectivity index (χ0) is 18.7. The Morgan fingerprint density at radius 1 is 1.19 bits per heavy atom. The minimum atomic E-state index is -0.441. The van der Waals surface area contributed by atoms with Gasteiger partial charge < -0.3 is 9.74 Å². The molecule has 1 aliphatic rings. The second kappa shape index (κ2) is 7.86. The van der Waals surface area contributed by atoms with Crippen molar-refractivity contribution in [2.45, 2.75) is 19.2 Å². The first kappa shape index (κ1) is 18.4. The number of benzene rings is 2. The van der Waals surface area contributed by atoms with Crippen LogP contribution >= 0.6 is 11.6 Å². The Kier molecular flexibility index (Phi) is 5.56. The molecular formula is C19H20ClN3O3. The highest BCUT2D eigenvalue weighted by Crippen LogP contribution is 2.29. The number of hydroxylamine groups is 1. The monoisotopic (exact) mass is 373 g/mol. The van der Waals surface area contributed by atoms with Crippen molar-refractivity contribution < 1.29 is 14.5 Å². The van der Waals surface area contributed by atoms with Gasteiger partial charge in [0, 0.05) is 23.2 Å². The summed E-state index contributed by atoms with van der Waals surface area (Å²) in [6.45, 7) is 1.92. The van der Waals surface area contributed by atoms with Gasteiger partial charge in [-0.05, 0) is 24.6 Å². The SMILES string of the molecule is CON=C1C(=O)N(C)C(NOC(C)c2ccc(Cl)cc2)c2ccccc21. The van der Waals surface area contributed by atoms with E-state index in [0.717, 1.165) is 16.7 Å². The minimum Gasteiger partial charge on any atom is -0.398 e. The smallest absolute Gasteiger partial charge is 0.277 e. The van der Waals surface area contributed by atoms with Crippen LogP contribution in [0.1, 0.15) is 35.9 Å². The maximum Gasteiger partial charge on any atom is 0.277 e. The summed E-state index contributed by atoms with van der Waals surface area (Å²) in [5, 5.41) is 4.56. The van der Waals surface area contributed by atoms with Crippen molar-refractivity contribution in [1.82, 2.24) is 10.4 Å². The van der Waals surface area contributed by atoms with E-state index < -0.39 is 6.17 Å². The summed E-state index contributed by atoms with van der Waals surface area (Å²) in [6.07, 6.45) is -0.666. The Labute approximate surface area is 157 Å². The van der Waals surface area contributed by atoms with Gasteiger partial charge in [-0.15, -0.1) is 0 Å². The Morgan fingerprint density at radius 3 is 2.58 bits per heavy atom. The maximum atomic E-state index is 12.6. The van der Waals surface area contributed by atoms with E-state index in [1.165, 1.54) is 12.0 Å². The number of likely N-dealkylation sites (N-methyl/N-ethyl adjacent to an activating group) is 1. The van der Waals surface area contributed by atoms with E-state index >= 15 is 0 Å². The van der Waals surface area contributed by atoms with E-state index in [4.69, 9.17) is 21.3 Å². The van der Waals surface area contributed by atoms with Gasteiger partial charge in [-0.2, -0.15) is 5.48 Å². The third kappa shape index (κ3) is 3.58. The number of nitrogens with zero attached hydrogens (tertiary/aromatic N) is 2. The standard InChI is InChI=1S/C19H20ClN3O3/c1-12(13-8-10-14(20)11-9-13)26-22-18-16-7-5-4-6-15(16)17(21-25-3)19(24)23(18)2/h4-12,18,22H,1-3H3. The zero-order valence-electron chi connectivity index (χ0n) is 14.8. The Bertz CT molecular complexity index is 823. The third-order valence-corrected chi connectivity index (χ3v) is 4.55. The molecule has 0 fully saturated rings. The summed E-state index contributed by atoms with van der Waals surface area (Å²) in [4.78, 5) is 24.8. The van der Waals surface area contributed by atoms with Crippen LogP contribution in [0.3, 0.4) is 0 Å². The molecule has 0 bridgehead atoms. The fourth-order valence-corrected chi connectivity index (χ4v) is 2.98. The van der Waals surface area contributed by atoms with Crippen molar-refractivity contribution in [2.24, 2.45) is 5.16 Å². The van der Waals surface area contributed by atoms with Crippen molar-refractivity contribution in [3.8, 4) is 0 Å². The van der Waals surface area contributed by atoms with Crippen LogP contribution in [0.2, 0.25) is 5.02 Å². The van der Waals surface area contributed by atoms with Gasteiger partial charge in [0.2, 0.25) is 0 Å². The third-order valence-electron chi connectivity index (χ3n) is 4.30. The number of hydrogen-bond donors (Lipinski definition) is 1. The lowest BCUT2D eigenvalue weighted by molar-refractivity contribution is -0.133. The molecule has 1 N–H and O–H groups in total. The molecular weight excluding hydrogens is 354 g/mol. The van der Waals surface area contributed by atoms with E-state index in [0.29, 0.717) is 5.02 Å². The number of amides is 1. The molecule has 0 spiro atoms. The molecule has 2 aromatic carbocycles. The zero-order valence-corrected chi connectivity index (χ0v) is 15.5. The highest BCUT2D eigenvalue weighted by Gasteiger charge is 2.35. The minimum absolute atomic E-state index is 0.225. The number of nitrogens with one attached hydrogen (secondary N) is 1. The van der Waals surface area contributed by atoms with Gasteiger partial charge in [0.1, 0.15) is 19.4 Å². The number of fused-ring (bicyclic) bond motifs is 1. The molecule has 1 heterocycles. The fraction of sp³-hybridized carbons (Fsp3) is 0.263. The summed E-state index contributed by atoms with van der Waals surface area (Å²) >= 11 is 5.92. The van der Waals surface area contributed by atoms with E-state index in [9.17, 15) is 4.79 Å². The quantitative estimate of drug-likeness (QED) is 0.815. The summed E-state index contributed by atoms with van der Waals surface area (Å²) < 4.78 is 0. The Morgan fingerprint density at radius 2 is 1.88 bits per heavy atom. The van der Waals surface area contributed by atoms with Gasteiger partial charge in [0.15, 0.2) is 5.71 Å². The average molecular weight is 374 g/mol. The molecule has 6 nitrogen and oxygen atoms in total. The number of oxime groups is 1. The largest absolute Gasteiger partial charge is 0.398 e. The molecule has 2 atom stereocenters. The van der Waals surface area contributed by atoms with Crippen LogP contribution in [0, 0.1) is 0 Å². The first-order valence-electron chi connectivity index (χ1n) is 8.17. The van der Waals surface area contributed by atoms with Crippen LogP contribution in [-0.4, -0.2) is 30.7 Å². The summed E-state index contributed by atoms with van der Waals surface area (Å²) in [5.41, 5.74) is 5.86. The van der Waals surface area contributed by atoms with Gasteiger partial charge >= 0.3 is 0 Å². The van der Waals surface area contributed by atoms with Gasteiger partial charge in [-0.3, -0.25) is 9.63 Å². The van der Waals surface area contributed by atoms with Crippen LogP contribution < -0.4 is 5.48 Å². The van der Waals surface area contributed by atoms with E-state index in [1.807, 2.05) is 55.5 Å². The highest BCUT2D eigenvalue weighted by atomic mass is 35.5. The molecule has 3 rings (SSSR count). The number of carbonyl (C=O) groups is 1. The predicted molar refractivity (Wildman–Crippen MR) is 99.6 cm³/mol. The summed E-state index contributed by atoms with van der Waals surface area (Å²) in [5.74, 6) is -0.245. The van der Waals surface area contributed by atoms with Crippen molar-refractivity contribution in [3.05, 3.63) is 70.2 Å². The Balaban J connectivity index is 1.83. The summed E-state index contributed by atoms with van der Waals surface area (Å²) in [7, 11) is 3.11. The topological polar surface area (TPSA) is 63.2 Å². The first-order chi connectivity index (χ1) is 12.5. The molecule has 26 heavy (non-hydrogen) atoms. The Hall–Kier alpha value is -2.41. The number of halogens is 1. The van der Waals surface area contributed by atoms with Crippen LogP contribution in [0.5, 0.6) is 0 Å². The highest BCUT2D eigenvalue weighted by molar-refractivity contribution is 6.46. The van der Waals surface area contributed by atoms with Crippen molar-refractivity contribution >= 4 is 23.2 Å². The van der Waals surface area contributed by atoms with Gasteiger partial charge in [-0.1, -0.05) is 53.2 Å². The molecule has 2 unspecified atom stereocenters. The molecule has 136 valence electrons. The fourth-order valence-electron chi connectivity index (χ4n) is 2.85. The molecule has 0 saturated heterocycles. The maximum absolute atomic E-state index is 12.6. The molecule has 0 saturated carbocycles. The lowest BCUT2D eigenvalue weighted by Gasteiger charge is -2.35. The molecule has 2 aromatic rings. The average Bonchev–Trinajstić information content (AvgIpc) is 2.65. The number of carbonyl (C=O) groups excluding carboxylic acids is 1. The van der Waals surface area contributed by atoms with E-state index in [1.54, 1.807) is 7.05 Å². The van der Waals surface area contributed by atoms with Crippen LogP contribution in [-0.2, 0) is 14.5 Å². The molecule has 0 radical (unpaired) electrons. The molecule has 1 amide bonds. The van der Waals surface area contributed by atoms with E-state index in [2.05, 4.69) is 10.6 Å². The normalized spacial score (nSPS) is 19.4. The van der Waals surface area contributed by atoms with Gasteiger partial charge in [-0.25, -0.2) is 0 Å². The van der Waals surface area contributed by atoms with Gasteiger partial charge in [0.05, 0.1) is 0 Å². The van der Waals surface area contributed by atoms with Gasteiger partial charge in [0.25, 0.3) is 5.91 Å². The second-order valence-corrected chi connectivity index (χ2v) is 6.39. The number of rotatable bonds is 5. The van der Waals surface area contributed by atoms with Crippen molar-refractivity contribution in [2.75, 3.05) is 14.2 Å². The molecule has 0 aromatic heterocycles. The van der Waals surface area contributed by atoms with E-state index in [-0.39, 0.29) is 17.7 Å². The summed E-state index contributed by atoms with van der Waals surface area (Å²) in [6, 6.07) is 15.0. The molecule has 0 aliphatic carbocycles. The lowest BCUT2D eigenvalue weighted by atomic mass is 9.95. The van der Waals surface area contributed by atoms with Crippen LogP contribution in [0.15, 0.2) is 53.7 Å². The second-order valence-electron chi connectivity index (χ2n) is 5.96. The molecule has 1 aliphatic heterocycles. The van der Waals surface area contributed by atoms with Crippen LogP contribution in [0.25, 0.3) is 0 Å². The molecule has 7 heteroatoms. The lowest BCUT2D eigenvalue weighted by Crippen LogP contribution is -2.47. The number of hydrogen-bond acceptors (Lipinski definition) is 5. The van der Waals surface area contributed by atoms with Crippen molar-refractivity contribution in [3.63, 3.8) is 0 Å².